The summed E-state index contributed by atoms with van der Waals surface area (Å²) in [5.74, 6) is -0.159. The van der Waals surface area contributed by atoms with E-state index in [0.717, 1.165) is 10.0 Å². The summed E-state index contributed by atoms with van der Waals surface area (Å²) >= 11 is 3.32. The number of carbonyl (C=O) groups is 1. The molecule has 0 atom stereocenters. The molecule has 0 aromatic carbocycles. The number of carbonyl (C=O) groups excluding carboxylic acids is 1. The van der Waals surface area contributed by atoms with Crippen LogP contribution in [0.25, 0.3) is 0 Å². The molecule has 0 aliphatic heterocycles. The summed E-state index contributed by atoms with van der Waals surface area (Å²) in [5, 5.41) is 9.06. The lowest BCUT2D eigenvalue weighted by Crippen LogP contribution is -2.22. The molecule has 2 rings (SSSR count). The zero-order valence-corrected chi connectivity index (χ0v) is 9.86. The second-order valence-corrected chi connectivity index (χ2v) is 4.10. The van der Waals surface area contributed by atoms with Gasteiger partial charge in [-0.3, -0.25) is 14.9 Å². The molecule has 2 aromatic rings. The molecule has 0 saturated carbocycles. The van der Waals surface area contributed by atoms with Gasteiger partial charge in [-0.15, -0.1) is 0 Å². The van der Waals surface area contributed by atoms with Crippen molar-refractivity contribution in [1.82, 2.24) is 20.5 Å². The monoisotopic (exact) mass is 280 g/mol. The number of aromatic amines is 1. The number of amides is 1. The van der Waals surface area contributed by atoms with Crippen molar-refractivity contribution in [1.29, 1.82) is 0 Å². The van der Waals surface area contributed by atoms with Crippen LogP contribution in [0.5, 0.6) is 0 Å². The molecular weight excluding hydrogens is 272 g/mol. The number of nitrogens with zero attached hydrogens (tertiary/aromatic N) is 2. The lowest BCUT2D eigenvalue weighted by atomic mass is 10.2. The minimum atomic E-state index is -0.159. The summed E-state index contributed by atoms with van der Waals surface area (Å²) < 4.78 is 0.891. The van der Waals surface area contributed by atoms with Crippen molar-refractivity contribution in [2.75, 3.05) is 0 Å². The zero-order chi connectivity index (χ0) is 11.4. The van der Waals surface area contributed by atoms with Crippen molar-refractivity contribution in [3.63, 3.8) is 0 Å². The fourth-order valence-corrected chi connectivity index (χ4v) is 1.62. The van der Waals surface area contributed by atoms with Crippen molar-refractivity contribution in [2.24, 2.45) is 0 Å². The predicted molar refractivity (Wildman–Crippen MR) is 61.7 cm³/mol. The molecule has 0 aliphatic carbocycles. The van der Waals surface area contributed by atoms with E-state index < -0.39 is 0 Å². The molecule has 0 radical (unpaired) electrons. The van der Waals surface area contributed by atoms with Crippen LogP contribution in [0.1, 0.15) is 15.9 Å². The van der Waals surface area contributed by atoms with Gasteiger partial charge in [0.25, 0.3) is 5.91 Å². The quantitative estimate of drug-likeness (QED) is 0.895. The number of pyridine rings is 1. The maximum Gasteiger partial charge on any atom is 0.254 e. The van der Waals surface area contributed by atoms with Gasteiger partial charge in [0.15, 0.2) is 0 Å². The van der Waals surface area contributed by atoms with Crippen LogP contribution in [-0.4, -0.2) is 21.1 Å². The molecule has 2 aromatic heterocycles. The lowest BCUT2D eigenvalue weighted by molar-refractivity contribution is 0.0951. The SMILES string of the molecule is O=C(NCc1cncc(Br)c1)c1cn[nH]c1. The van der Waals surface area contributed by atoms with Crippen LogP contribution < -0.4 is 5.32 Å². The number of rotatable bonds is 3. The van der Waals surface area contributed by atoms with Gasteiger partial charge in [-0.05, 0) is 27.6 Å². The molecule has 5 nitrogen and oxygen atoms in total. The van der Waals surface area contributed by atoms with Gasteiger partial charge in [0.05, 0.1) is 11.8 Å². The standard InChI is InChI=1S/C10H9BrN4O/c11-9-1-7(2-12-6-9)3-13-10(16)8-4-14-15-5-8/h1-2,4-6H,3H2,(H,13,16)(H,14,15). The number of hydrogen-bond donors (Lipinski definition) is 2. The molecule has 16 heavy (non-hydrogen) atoms. The number of hydrogen-bond acceptors (Lipinski definition) is 3. The third kappa shape index (κ3) is 2.66. The highest BCUT2D eigenvalue weighted by Crippen LogP contribution is 2.09. The first-order valence-electron chi connectivity index (χ1n) is 4.62. The van der Waals surface area contributed by atoms with Crippen molar-refractivity contribution in [2.45, 2.75) is 6.54 Å². The van der Waals surface area contributed by atoms with E-state index in [1.54, 1.807) is 18.6 Å². The summed E-state index contributed by atoms with van der Waals surface area (Å²) in [6, 6.07) is 1.91. The van der Waals surface area contributed by atoms with E-state index in [9.17, 15) is 4.79 Å². The molecule has 0 fully saturated rings. The normalized spacial score (nSPS) is 10.1. The maximum atomic E-state index is 11.6. The van der Waals surface area contributed by atoms with Crippen LogP contribution in [0.15, 0.2) is 35.3 Å². The minimum Gasteiger partial charge on any atom is -0.348 e. The average molecular weight is 281 g/mol. The fraction of sp³-hybridized carbons (Fsp3) is 0.100. The molecule has 2 heterocycles. The summed E-state index contributed by atoms with van der Waals surface area (Å²) in [6.45, 7) is 0.441. The van der Waals surface area contributed by atoms with E-state index in [4.69, 9.17) is 0 Å². The summed E-state index contributed by atoms with van der Waals surface area (Å²) in [5.41, 5.74) is 1.45. The minimum absolute atomic E-state index is 0.159. The van der Waals surface area contributed by atoms with E-state index in [1.807, 2.05) is 6.07 Å². The largest absolute Gasteiger partial charge is 0.348 e. The van der Waals surface area contributed by atoms with E-state index in [1.165, 1.54) is 6.20 Å². The van der Waals surface area contributed by atoms with Crippen LogP contribution >= 0.6 is 15.9 Å². The van der Waals surface area contributed by atoms with Crippen LogP contribution in [0.2, 0.25) is 0 Å². The molecule has 6 heteroatoms. The summed E-state index contributed by atoms with van der Waals surface area (Å²) in [4.78, 5) is 15.6. The first-order valence-corrected chi connectivity index (χ1v) is 5.41. The van der Waals surface area contributed by atoms with Gasteiger partial charge in [-0.1, -0.05) is 0 Å². The maximum absolute atomic E-state index is 11.6. The van der Waals surface area contributed by atoms with Gasteiger partial charge in [0, 0.05) is 29.6 Å². The van der Waals surface area contributed by atoms with Crippen molar-refractivity contribution in [3.8, 4) is 0 Å². The van der Waals surface area contributed by atoms with Crippen molar-refractivity contribution < 1.29 is 4.79 Å². The fourth-order valence-electron chi connectivity index (χ4n) is 1.21. The van der Waals surface area contributed by atoms with Crippen LogP contribution in [0, 0.1) is 0 Å². The van der Waals surface area contributed by atoms with Gasteiger partial charge in [-0.25, -0.2) is 0 Å². The molecule has 0 unspecified atom stereocenters. The topological polar surface area (TPSA) is 70.7 Å². The Kier molecular flexibility index (Phi) is 3.31. The second kappa shape index (κ2) is 4.89. The van der Waals surface area contributed by atoms with Crippen molar-refractivity contribution in [3.05, 3.63) is 46.5 Å². The Morgan fingerprint density at radius 2 is 2.31 bits per heavy atom. The Morgan fingerprint density at radius 1 is 1.44 bits per heavy atom. The number of nitrogens with one attached hydrogen (secondary N) is 2. The summed E-state index contributed by atoms with van der Waals surface area (Å²) in [6.07, 6.45) is 6.44. The Morgan fingerprint density at radius 3 is 3.00 bits per heavy atom. The average Bonchev–Trinajstić information content (AvgIpc) is 2.79. The summed E-state index contributed by atoms with van der Waals surface area (Å²) in [7, 11) is 0. The molecular formula is C10H9BrN4O. The number of halogens is 1. The number of H-pyrrole nitrogens is 1. The van der Waals surface area contributed by atoms with Gasteiger partial charge in [0.1, 0.15) is 0 Å². The molecule has 82 valence electrons. The number of aromatic nitrogens is 3. The highest BCUT2D eigenvalue weighted by Gasteiger charge is 2.05. The molecule has 0 spiro atoms. The smallest absolute Gasteiger partial charge is 0.254 e. The van der Waals surface area contributed by atoms with Crippen LogP contribution in [0.4, 0.5) is 0 Å². The van der Waals surface area contributed by atoms with E-state index in [0.29, 0.717) is 12.1 Å². The van der Waals surface area contributed by atoms with Gasteiger partial charge < -0.3 is 5.32 Å². The van der Waals surface area contributed by atoms with E-state index >= 15 is 0 Å². The van der Waals surface area contributed by atoms with Gasteiger partial charge in [-0.2, -0.15) is 5.10 Å². The van der Waals surface area contributed by atoms with Gasteiger partial charge in [0.2, 0.25) is 0 Å². The predicted octanol–water partition coefficient (Wildman–Crippen LogP) is 1.50. The van der Waals surface area contributed by atoms with Gasteiger partial charge >= 0.3 is 0 Å². The van der Waals surface area contributed by atoms with E-state index in [2.05, 4.69) is 36.4 Å². The molecule has 0 saturated heterocycles. The Hall–Kier alpha value is -1.69. The van der Waals surface area contributed by atoms with E-state index in [-0.39, 0.29) is 5.91 Å². The highest BCUT2D eigenvalue weighted by molar-refractivity contribution is 9.10. The Balaban J connectivity index is 1.95. The molecule has 2 N–H and O–H groups in total. The Labute approximate surface area is 100 Å². The Bertz CT molecular complexity index is 483. The second-order valence-electron chi connectivity index (χ2n) is 3.18. The first kappa shape index (κ1) is 10.8. The van der Waals surface area contributed by atoms with Crippen LogP contribution in [0.3, 0.4) is 0 Å². The third-order valence-electron chi connectivity index (χ3n) is 1.97. The molecule has 0 bridgehead atoms. The third-order valence-corrected chi connectivity index (χ3v) is 2.41. The van der Waals surface area contributed by atoms with Crippen LogP contribution in [-0.2, 0) is 6.54 Å². The molecule has 1 amide bonds. The lowest BCUT2D eigenvalue weighted by Gasteiger charge is -2.03. The molecule has 0 aliphatic rings. The zero-order valence-electron chi connectivity index (χ0n) is 8.27. The van der Waals surface area contributed by atoms with Crippen molar-refractivity contribution >= 4 is 21.8 Å². The highest BCUT2D eigenvalue weighted by atomic mass is 79.9. The first-order chi connectivity index (χ1) is 7.75.